The number of aryl methyl sites for hydroxylation is 1. The van der Waals surface area contributed by atoms with Crippen LogP contribution in [0.3, 0.4) is 0 Å². The van der Waals surface area contributed by atoms with Crippen molar-refractivity contribution in [2.45, 2.75) is 50.8 Å². The lowest BCUT2D eigenvalue weighted by Crippen LogP contribution is -2.53. The average molecular weight is 376 g/mol. The van der Waals surface area contributed by atoms with Gasteiger partial charge in [-0.05, 0) is 49.1 Å². The van der Waals surface area contributed by atoms with Gasteiger partial charge in [-0.3, -0.25) is 0 Å². The molecule has 5 nitrogen and oxygen atoms in total. The fourth-order valence-corrected chi connectivity index (χ4v) is 3.54. The van der Waals surface area contributed by atoms with E-state index in [1.54, 1.807) is 19.1 Å². The van der Waals surface area contributed by atoms with Crippen LogP contribution in [0.15, 0.2) is 36.4 Å². The summed E-state index contributed by atoms with van der Waals surface area (Å²) in [6, 6.07) is 10.6. The molecule has 0 aliphatic carbocycles. The molecule has 3 rings (SSSR count). The summed E-state index contributed by atoms with van der Waals surface area (Å²) in [5, 5.41) is 30.3. The molecule has 1 fully saturated rings. The van der Waals surface area contributed by atoms with Gasteiger partial charge in [0.1, 0.15) is 24.4 Å². The Kier molecular flexibility index (Phi) is 5.81. The van der Waals surface area contributed by atoms with Crippen molar-refractivity contribution in [3.63, 3.8) is 0 Å². The van der Waals surface area contributed by atoms with E-state index < -0.39 is 36.3 Å². The van der Waals surface area contributed by atoms with Crippen LogP contribution in [0.2, 0.25) is 0 Å². The van der Waals surface area contributed by atoms with Gasteiger partial charge < -0.3 is 24.8 Å². The molecule has 5 unspecified atom stereocenters. The van der Waals surface area contributed by atoms with Crippen LogP contribution in [0.1, 0.15) is 35.3 Å². The van der Waals surface area contributed by atoms with Gasteiger partial charge in [0.05, 0.1) is 13.2 Å². The summed E-state index contributed by atoms with van der Waals surface area (Å²) in [5.74, 6) is -0.219. The van der Waals surface area contributed by atoms with Crippen molar-refractivity contribution >= 4 is 0 Å². The van der Waals surface area contributed by atoms with E-state index in [4.69, 9.17) is 9.47 Å². The molecule has 2 aromatic carbocycles. The molecule has 0 spiro atoms. The minimum atomic E-state index is -1.28. The molecule has 0 aromatic heterocycles. The lowest BCUT2D eigenvalue weighted by molar-refractivity contribution is -0.219. The van der Waals surface area contributed by atoms with Gasteiger partial charge in [0.15, 0.2) is 11.6 Å². The van der Waals surface area contributed by atoms with Gasteiger partial charge in [-0.25, -0.2) is 4.39 Å². The Morgan fingerprint density at radius 1 is 1.00 bits per heavy atom. The third kappa shape index (κ3) is 4.14. The highest BCUT2D eigenvalue weighted by atomic mass is 19.1. The predicted molar refractivity (Wildman–Crippen MR) is 98.2 cm³/mol. The van der Waals surface area contributed by atoms with Crippen LogP contribution < -0.4 is 4.74 Å². The fraction of sp³-hybridized carbons (Fsp3) is 0.429. The summed E-state index contributed by atoms with van der Waals surface area (Å²) in [5.41, 5.74) is 3.39. The Morgan fingerprint density at radius 3 is 2.41 bits per heavy atom. The molecular weight excluding hydrogens is 351 g/mol. The topological polar surface area (TPSA) is 79.2 Å². The Balaban J connectivity index is 1.87. The van der Waals surface area contributed by atoms with E-state index in [0.29, 0.717) is 12.0 Å². The second-order valence-electron chi connectivity index (χ2n) is 7.13. The smallest absolute Gasteiger partial charge is 0.165 e. The number of hydrogen-bond acceptors (Lipinski definition) is 5. The maximum absolute atomic E-state index is 13.9. The number of halogens is 1. The molecule has 1 aliphatic heterocycles. The molecule has 3 N–H and O–H groups in total. The average Bonchev–Trinajstić information content (AvgIpc) is 2.62. The highest BCUT2D eigenvalue weighted by molar-refractivity contribution is 5.37. The van der Waals surface area contributed by atoms with E-state index >= 15 is 0 Å². The van der Waals surface area contributed by atoms with Crippen LogP contribution in [0.25, 0.3) is 0 Å². The first-order valence-corrected chi connectivity index (χ1v) is 8.92. The summed E-state index contributed by atoms with van der Waals surface area (Å²) in [4.78, 5) is 0. The molecule has 1 heterocycles. The largest absolute Gasteiger partial charge is 0.494 e. The van der Waals surface area contributed by atoms with E-state index in [1.807, 2.05) is 25.1 Å². The Labute approximate surface area is 158 Å². The molecule has 1 saturated heterocycles. The normalized spacial score (nSPS) is 28.2. The summed E-state index contributed by atoms with van der Waals surface area (Å²) in [6.45, 7) is 3.58. The lowest BCUT2D eigenvalue weighted by atomic mass is 9.89. The molecule has 146 valence electrons. The van der Waals surface area contributed by atoms with Crippen LogP contribution in [0, 0.1) is 12.7 Å². The fourth-order valence-electron chi connectivity index (χ4n) is 3.54. The van der Waals surface area contributed by atoms with Gasteiger partial charge in [0.2, 0.25) is 0 Å². The highest BCUT2D eigenvalue weighted by Gasteiger charge is 2.42. The SMILES string of the molecule is COc1ccc(Cc2cc(C)cc(C3OC(C)C(O)C(O)C3O)c2)cc1F. The van der Waals surface area contributed by atoms with Crippen molar-refractivity contribution in [2.24, 2.45) is 0 Å². The Morgan fingerprint density at radius 2 is 1.74 bits per heavy atom. The van der Waals surface area contributed by atoms with Crippen LogP contribution in [0.4, 0.5) is 4.39 Å². The number of aliphatic hydroxyl groups excluding tert-OH is 3. The highest BCUT2D eigenvalue weighted by Crippen LogP contribution is 2.33. The maximum Gasteiger partial charge on any atom is 0.165 e. The van der Waals surface area contributed by atoms with E-state index in [9.17, 15) is 19.7 Å². The number of aliphatic hydroxyl groups is 3. The van der Waals surface area contributed by atoms with Crippen LogP contribution >= 0.6 is 0 Å². The first kappa shape index (κ1) is 19.8. The minimum Gasteiger partial charge on any atom is -0.494 e. The Bertz CT molecular complexity index is 809. The number of benzene rings is 2. The number of ether oxygens (including phenoxy) is 2. The molecule has 6 heteroatoms. The van der Waals surface area contributed by atoms with Gasteiger partial charge in [0, 0.05) is 0 Å². The molecule has 0 amide bonds. The van der Waals surface area contributed by atoms with Crippen LogP contribution in [-0.4, -0.2) is 46.8 Å². The summed E-state index contributed by atoms with van der Waals surface area (Å²) in [7, 11) is 1.42. The van der Waals surface area contributed by atoms with Crippen LogP contribution in [0.5, 0.6) is 5.75 Å². The molecule has 0 saturated carbocycles. The number of methoxy groups -OCH3 is 1. The third-order valence-electron chi connectivity index (χ3n) is 4.96. The second kappa shape index (κ2) is 7.94. The van der Waals surface area contributed by atoms with Gasteiger partial charge in [-0.1, -0.05) is 29.8 Å². The van der Waals surface area contributed by atoms with E-state index in [0.717, 1.165) is 16.7 Å². The van der Waals surface area contributed by atoms with Crippen molar-refractivity contribution < 1.29 is 29.2 Å². The van der Waals surface area contributed by atoms with Gasteiger partial charge >= 0.3 is 0 Å². The number of hydrogen-bond donors (Lipinski definition) is 3. The van der Waals surface area contributed by atoms with Crippen molar-refractivity contribution in [1.82, 2.24) is 0 Å². The maximum atomic E-state index is 13.9. The molecule has 2 aromatic rings. The van der Waals surface area contributed by atoms with Crippen molar-refractivity contribution in [3.05, 3.63) is 64.5 Å². The van der Waals surface area contributed by atoms with Gasteiger partial charge in [-0.15, -0.1) is 0 Å². The molecular formula is C21H25FO5. The summed E-state index contributed by atoms with van der Waals surface area (Å²) in [6.07, 6.45) is -4.50. The van der Waals surface area contributed by atoms with Crippen molar-refractivity contribution in [2.75, 3.05) is 7.11 Å². The van der Waals surface area contributed by atoms with Crippen molar-refractivity contribution in [3.8, 4) is 5.75 Å². The number of rotatable bonds is 4. The van der Waals surface area contributed by atoms with Crippen molar-refractivity contribution in [1.29, 1.82) is 0 Å². The molecule has 27 heavy (non-hydrogen) atoms. The minimum absolute atomic E-state index is 0.198. The zero-order valence-electron chi connectivity index (χ0n) is 15.6. The molecule has 0 bridgehead atoms. The first-order chi connectivity index (χ1) is 12.8. The summed E-state index contributed by atoms with van der Waals surface area (Å²) < 4.78 is 24.6. The predicted octanol–water partition coefficient (Wildman–Crippen LogP) is 2.28. The molecule has 0 radical (unpaired) electrons. The van der Waals surface area contributed by atoms with Gasteiger partial charge in [-0.2, -0.15) is 0 Å². The standard InChI is InChI=1S/C21H25FO5/c1-11-6-14(8-13-4-5-17(26-3)16(22)10-13)9-15(7-11)21-20(25)19(24)18(23)12(2)27-21/h4-7,9-10,12,18-21,23-25H,8H2,1-3H3. The lowest BCUT2D eigenvalue weighted by Gasteiger charge is -2.39. The van der Waals surface area contributed by atoms with Crippen LogP contribution in [-0.2, 0) is 11.2 Å². The first-order valence-electron chi connectivity index (χ1n) is 8.92. The zero-order chi connectivity index (χ0) is 19.7. The van der Waals surface area contributed by atoms with E-state index in [-0.39, 0.29) is 5.75 Å². The Hall–Kier alpha value is -1.99. The monoisotopic (exact) mass is 376 g/mol. The molecule has 5 atom stereocenters. The zero-order valence-corrected chi connectivity index (χ0v) is 15.6. The van der Waals surface area contributed by atoms with E-state index in [1.165, 1.54) is 13.2 Å². The van der Waals surface area contributed by atoms with E-state index in [2.05, 4.69) is 0 Å². The quantitative estimate of drug-likeness (QED) is 0.763. The molecule has 1 aliphatic rings. The summed E-state index contributed by atoms with van der Waals surface area (Å²) >= 11 is 0. The van der Waals surface area contributed by atoms with Gasteiger partial charge in [0.25, 0.3) is 0 Å². The third-order valence-corrected chi connectivity index (χ3v) is 4.96. The second-order valence-corrected chi connectivity index (χ2v) is 7.13.